The van der Waals surface area contributed by atoms with Gasteiger partial charge in [-0.05, 0) is 51.4 Å². The number of aromatic nitrogens is 2. The quantitative estimate of drug-likeness (QED) is 0.183. The van der Waals surface area contributed by atoms with E-state index in [1.54, 1.807) is 0 Å². The zero-order valence-electron chi connectivity index (χ0n) is 28.5. The van der Waals surface area contributed by atoms with Crippen LogP contribution in [0.3, 0.4) is 0 Å². The predicted molar refractivity (Wildman–Crippen MR) is 214 cm³/mol. The summed E-state index contributed by atoms with van der Waals surface area (Å²) in [6.45, 7) is 0. The van der Waals surface area contributed by atoms with Gasteiger partial charge < -0.3 is 4.74 Å². The van der Waals surface area contributed by atoms with Crippen LogP contribution in [0.5, 0.6) is 11.5 Å². The van der Waals surface area contributed by atoms with Crippen molar-refractivity contribution in [1.29, 1.82) is 0 Å². The molecule has 1 aromatic heterocycles. The highest BCUT2D eigenvalue weighted by Crippen LogP contribution is 2.66. The van der Waals surface area contributed by atoms with Gasteiger partial charge in [0, 0.05) is 33.0 Å². The molecule has 3 aliphatic rings. The number of para-hydroxylation sites is 3. The van der Waals surface area contributed by atoms with E-state index in [0.717, 1.165) is 78.1 Å². The average Bonchev–Trinajstić information content (AvgIpc) is 3.53. The summed E-state index contributed by atoms with van der Waals surface area (Å²) in [6, 6.07) is 62.9. The standard InChI is InChI=1S/C49H29N3O/c1-2-14-31(15-3-1)45-36-20-6-10-25-41(36)50-48(51-45)52-42-26-11-7-19-34(42)35-21-12-16-30-28-29-40-47(44(30)35)53-46-39(24-13-27-43(46)52)49(40)37-22-8-4-17-32(37)33-18-5-9-23-38(33)49/h1-29H. The summed E-state index contributed by atoms with van der Waals surface area (Å²) in [5, 5.41) is 3.24. The number of nitrogens with zero attached hydrogens (tertiary/aromatic N) is 3. The molecule has 53 heavy (non-hydrogen) atoms. The SMILES string of the molecule is c1ccc(-c2nc(N3c4ccccc4-c4cccc5ccc6c(c45)Oc4c3cccc4C63c4ccccc4-c4ccccc43)nc3ccccc23)cc1. The van der Waals surface area contributed by atoms with Crippen molar-refractivity contribution in [3.05, 3.63) is 198 Å². The Hall–Kier alpha value is -7.04. The summed E-state index contributed by atoms with van der Waals surface area (Å²) >= 11 is 0. The summed E-state index contributed by atoms with van der Waals surface area (Å²) < 4.78 is 7.44. The van der Waals surface area contributed by atoms with Gasteiger partial charge in [0.25, 0.3) is 0 Å². The number of anilines is 3. The molecular formula is C49H29N3O. The fourth-order valence-corrected chi connectivity index (χ4v) is 9.36. The zero-order chi connectivity index (χ0) is 34.7. The van der Waals surface area contributed by atoms with Crippen LogP contribution in [-0.4, -0.2) is 9.97 Å². The minimum absolute atomic E-state index is 0.581. The molecule has 0 amide bonds. The molecule has 6 bridgehead atoms. The molecule has 1 aliphatic carbocycles. The van der Waals surface area contributed by atoms with E-state index < -0.39 is 5.41 Å². The van der Waals surface area contributed by atoms with Crippen LogP contribution >= 0.6 is 0 Å². The van der Waals surface area contributed by atoms with Crippen LogP contribution < -0.4 is 9.64 Å². The average molecular weight is 676 g/mol. The smallest absolute Gasteiger partial charge is 0.235 e. The molecule has 1 spiro atoms. The Labute approximate surface area is 306 Å². The second-order valence-electron chi connectivity index (χ2n) is 14.1. The van der Waals surface area contributed by atoms with Crippen molar-refractivity contribution in [1.82, 2.24) is 9.97 Å². The van der Waals surface area contributed by atoms with E-state index in [0.29, 0.717) is 5.95 Å². The molecule has 0 N–H and O–H groups in total. The maximum Gasteiger partial charge on any atom is 0.235 e. The topological polar surface area (TPSA) is 38.2 Å². The number of fused-ring (bicyclic) bond motifs is 6. The Morgan fingerprint density at radius 2 is 1.06 bits per heavy atom. The van der Waals surface area contributed by atoms with Gasteiger partial charge in [0.05, 0.1) is 28.0 Å². The van der Waals surface area contributed by atoms with Gasteiger partial charge in [-0.25, -0.2) is 9.97 Å². The number of hydrogen-bond acceptors (Lipinski definition) is 4. The van der Waals surface area contributed by atoms with Crippen LogP contribution in [0.2, 0.25) is 0 Å². The van der Waals surface area contributed by atoms with Crippen molar-refractivity contribution in [2.45, 2.75) is 5.41 Å². The monoisotopic (exact) mass is 675 g/mol. The first-order valence-electron chi connectivity index (χ1n) is 18.1. The summed E-state index contributed by atoms with van der Waals surface area (Å²) in [6.07, 6.45) is 0. The van der Waals surface area contributed by atoms with E-state index in [9.17, 15) is 0 Å². The number of ether oxygens (including phenoxy) is 1. The largest absolute Gasteiger partial charge is 0.454 e. The third-order valence-electron chi connectivity index (χ3n) is 11.5. The molecule has 0 atom stereocenters. The molecule has 246 valence electrons. The second kappa shape index (κ2) is 10.5. The Morgan fingerprint density at radius 1 is 0.434 bits per heavy atom. The van der Waals surface area contributed by atoms with E-state index in [4.69, 9.17) is 14.7 Å². The Bertz CT molecular complexity index is 2960. The van der Waals surface area contributed by atoms with Gasteiger partial charge in [-0.1, -0.05) is 158 Å². The minimum atomic E-state index is -0.616. The van der Waals surface area contributed by atoms with Crippen molar-refractivity contribution >= 4 is 39.0 Å². The van der Waals surface area contributed by atoms with Crippen molar-refractivity contribution in [2.75, 3.05) is 4.90 Å². The Morgan fingerprint density at radius 3 is 1.89 bits per heavy atom. The highest BCUT2D eigenvalue weighted by Gasteiger charge is 2.52. The summed E-state index contributed by atoms with van der Waals surface area (Å²) in [7, 11) is 0. The third kappa shape index (κ3) is 3.69. The van der Waals surface area contributed by atoms with Crippen LogP contribution in [-0.2, 0) is 5.41 Å². The first kappa shape index (κ1) is 28.6. The van der Waals surface area contributed by atoms with Gasteiger partial charge in [-0.3, -0.25) is 4.90 Å². The van der Waals surface area contributed by atoms with Crippen LogP contribution in [0.15, 0.2) is 176 Å². The zero-order valence-corrected chi connectivity index (χ0v) is 28.5. The number of hydrogen-bond donors (Lipinski definition) is 0. The van der Waals surface area contributed by atoms with Crippen molar-refractivity contribution < 1.29 is 4.74 Å². The molecule has 4 nitrogen and oxygen atoms in total. The lowest BCUT2D eigenvalue weighted by atomic mass is 9.65. The molecule has 0 fully saturated rings. The Balaban J connectivity index is 1.27. The molecule has 3 heterocycles. The second-order valence-corrected chi connectivity index (χ2v) is 14.1. The summed E-state index contributed by atoms with van der Waals surface area (Å²) in [5.74, 6) is 2.28. The fraction of sp³-hybridized carbons (Fsp3) is 0.0204. The van der Waals surface area contributed by atoms with Crippen molar-refractivity contribution in [2.24, 2.45) is 0 Å². The van der Waals surface area contributed by atoms with E-state index in [2.05, 4.69) is 169 Å². The number of benzene rings is 8. The van der Waals surface area contributed by atoms with Crippen LogP contribution in [0.25, 0.3) is 55.2 Å². The first-order valence-corrected chi connectivity index (χ1v) is 18.1. The van der Waals surface area contributed by atoms with Crippen LogP contribution in [0.1, 0.15) is 22.3 Å². The normalized spacial score (nSPS) is 13.9. The molecule has 8 aromatic carbocycles. The predicted octanol–water partition coefficient (Wildman–Crippen LogP) is 12.4. The molecule has 4 heteroatoms. The van der Waals surface area contributed by atoms with Crippen molar-refractivity contribution in [3.8, 4) is 45.0 Å². The van der Waals surface area contributed by atoms with Crippen molar-refractivity contribution in [3.63, 3.8) is 0 Å². The summed E-state index contributed by atoms with van der Waals surface area (Å²) in [5.41, 5.74) is 13.5. The maximum absolute atomic E-state index is 7.44. The molecule has 12 rings (SSSR count). The van der Waals surface area contributed by atoms with Crippen LogP contribution in [0.4, 0.5) is 17.3 Å². The molecule has 0 unspecified atom stereocenters. The fourth-order valence-electron chi connectivity index (χ4n) is 9.36. The molecule has 2 aliphatic heterocycles. The van der Waals surface area contributed by atoms with Gasteiger partial charge in [-0.2, -0.15) is 0 Å². The van der Waals surface area contributed by atoms with Gasteiger partial charge in [0.15, 0.2) is 5.75 Å². The molecule has 0 radical (unpaired) electrons. The maximum atomic E-state index is 7.44. The van der Waals surface area contributed by atoms with Gasteiger partial charge in [-0.15, -0.1) is 0 Å². The van der Waals surface area contributed by atoms with E-state index in [-0.39, 0.29) is 0 Å². The van der Waals surface area contributed by atoms with E-state index in [1.165, 1.54) is 22.3 Å². The molecule has 9 aromatic rings. The first-order chi connectivity index (χ1) is 26.3. The Kier molecular flexibility index (Phi) is 5.67. The van der Waals surface area contributed by atoms with Gasteiger partial charge in [0.1, 0.15) is 5.75 Å². The highest BCUT2D eigenvalue weighted by atomic mass is 16.5. The molecular weight excluding hydrogens is 647 g/mol. The summed E-state index contributed by atoms with van der Waals surface area (Å²) in [4.78, 5) is 13.0. The molecule has 0 saturated heterocycles. The minimum Gasteiger partial charge on any atom is -0.454 e. The van der Waals surface area contributed by atoms with Crippen LogP contribution in [0, 0.1) is 0 Å². The lowest BCUT2D eigenvalue weighted by Crippen LogP contribution is -2.32. The van der Waals surface area contributed by atoms with E-state index >= 15 is 0 Å². The lowest BCUT2D eigenvalue weighted by molar-refractivity contribution is 0.443. The molecule has 0 saturated carbocycles. The lowest BCUT2D eigenvalue weighted by Gasteiger charge is -2.41. The highest BCUT2D eigenvalue weighted by molar-refractivity contribution is 6.08. The van der Waals surface area contributed by atoms with E-state index in [1.807, 2.05) is 12.1 Å². The number of rotatable bonds is 2. The third-order valence-corrected chi connectivity index (χ3v) is 11.5. The van der Waals surface area contributed by atoms with Gasteiger partial charge in [0.2, 0.25) is 5.95 Å². The van der Waals surface area contributed by atoms with Gasteiger partial charge >= 0.3 is 0 Å².